The van der Waals surface area contributed by atoms with E-state index in [0.717, 1.165) is 110 Å². The van der Waals surface area contributed by atoms with Crippen LogP contribution in [0.1, 0.15) is 31.9 Å². The number of pyridine rings is 4. The van der Waals surface area contributed by atoms with Gasteiger partial charge in [-0.05, 0) is 125 Å². The van der Waals surface area contributed by atoms with Crippen molar-refractivity contribution in [3.8, 4) is 67.3 Å². The molecular weight excluding hydrogens is 1120 g/mol. The molecule has 90 heavy (non-hydrogen) atoms. The summed E-state index contributed by atoms with van der Waals surface area (Å²) < 4.78 is 64.9. The maximum Gasteiger partial charge on any atom is 0.420 e. The normalized spacial score (nSPS) is 12.3. The third-order valence-electron chi connectivity index (χ3n) is 18.0. The molecule has 0 saturated heterocycles. The van der Waals surface area contributed by atoms with Crippen LogP contribution in [0.3, 0.4) is 0 Å². The van der Waals surface area contributed by atoms with Crippen LogP contribution in [0.5, 0.6) is 0 Å². The van der Waals surface area contributed by atoms with Crippen molar-refractivity contribution in [1.82, 2.24) is 38.2 Å². The summed E-state index contributed by atoms with van der Waals surface area (Å²) >= 11 is 0. The van der Waals surface area contributed by atoms with Crippen molar-refractivity contribution in [3.05, 3.63) is 279 Å². The Morgan fingerprint density at radius 2 is 0.500 bits per heavy atom. The minimum absolute atomic E-state index is 0.00426. The number of fused-ring (bicyclic) bond motifs is 12. The van der Waals surface area contributed by atoms with Gasteiger partial charge in [-0.25, -0.2) is 0 Å². The van der Waals surface area contributed by atoms with E-state index in [1.807, 2.05) is 180 Å². The van der Waals surface area contributed by atoms with Gasteiger partial charge in [-0.2, -0.15) is 13.2 Å². The van der Waals surface area contributed by atoms with E-state index in [1.165, 1.54) is 0 Å². The van der Waals surface area contributed by atoms with Crippen LogP contribution >= 0.6 is 0 Å². The van der Waals surface area contributed by atoms with Gasteiger partial charge in [0.25, 0.3) is 0 Å². The molecular formula is C79H53F3N8. The summed E-state index contributed by atoms with van der Waals surface area (Å²) in [5.41, 5.74) is 12.4. The first-order valence-corrected chi connectivity index (χ1v) is 30.1. The molecule has 0 amide bonds. The molecule has 0 aliphatic carbocycles. The molecule has 0 aliphatic heterocycles. The fourth-order valence-corrected chi connectivity index (χ4v) is 14.3. The van der Waals surface area contributed by atoms with Gasteiger partial charge in [0.1, 0.15) is 5.56 Å². The number of halogens is 3. The maximum atomic E-state index is 18.9. The predicted octanol–water partition coefficient (Wildman–Crippen LogP) is 20.6. The molecule has 430 valence electrons. The Bertz CT molecular complexity index is 5100. The number of rotatable bonds is 8. The second-order valence-electron chi connectivity index (χ2n) is 24.2. The molecule has 11 heteroatoms. The second kappa shape index (κ2) is 20.1. The quantitative estimate of drug-likeness (QED) is 0.152. The van der Waals surface area contributed by atoms with Crippen LogP contribution in [0.2, 0.25) is 0 Å². The van der Waals surface area contributed by atoms with Gasteiger partial charge in [-0.1, -0.05) is 142 Å². The fourth-order valence-electron chi connectivity index (χ4n) is 14.3. The molecule has 17 aromatic rings. The van der Waals surface area contributed by atoms with Crippen LogP contribution in [-0.4, -0.2) is 38.2 Å². The average molecular weight is 1170 g/mol. The SMILES string of the molecule is CC(C)(C)c1c(-n2c3ccc(-c4cccnc4)cc3c3cc(-c4cccnc4)ccc32)c(-n2c3ccccc3c3ccccc32)c(C(F)(F)F)c(-n2c3ccccc3c3ccccc32)c1-n1c2ccc(-c3cccnc3)cc2c2cc(-c3cccnc3)ccc21. The zero-order valence-corrected chi connectivity index (χ0v) is 49.1. The average Bonchev–Trinajstić information content (AvgIpc) is 1.37. The van der Waals surface area contributed by atoms with Crippen molar-refractivity contribution in [1.29, 1.82) is 0 Å². The highest BCUT2D eigenvalue weighted by Crippen LogP contribution is 2.55. The molecule has 17 rings (SSSR count). The summed E-state index contributed by atoms with van der Waals surface area (Å²) in [6.45, 7) is 6.45. The number of aromatic nitrogens is 8. The first-order valence-electron chi connectivity index (χ1n) is 30.1. The molecule has 0 fully saturated rings. The van der Waals surface area contributed by atoms with Crippen LogP contribution in [0, 0.1) is 0 Å². The molecule has 0 unspecified atom stereocenters. The number of hydrogen-bond donors (Lipinski definition) is 0. The van der Waals surface area contributed by atoms with Crippen molar-refractivity contribution >= 4 is 87.2 Å². The smallest absolute Gasteiger partial charge is 0.307 e. The first-order chi connectivity index (χ1) is 44.0. The summed E-state index contributed by atoms with van der Waals surface area (Å²) in [7, 11) is 0. The Labute approximate surface area is 514 Å². The molecule has 0 atom stereocenters. The summed E-state index contributed by atoms with van der Waals surface area (Å²) in [4.78, 5) is 18.1. The van der Waals surface area contributed by atoms with E-state index < -0.39 is 17.2 Å². The van der Waals surface area contributed by atoms with E-state index in [4.69, 9.17) is 0 Å². The van der Waals surface area contributed by atoms with Gasteiger partial charge in [-0.15, -0.1) is 0 Å². The van der Waals surface area contributed by atoms with Crippen LogP contribution in [-0.2, 0) is 11.6 Å². The highest BCUT2D eigenvalue weighted by molar-refractivity contribution is 6.17. The van der Waals surface area contributed by atoms with Crippen LogP contribution in [0.4, 0.5) is 13.2 Å². The lowest BCUT2D eigenvalue weighted by molar-refractivity contribution is -0.137. The van der Waals surface area contributed by atoms with E-state index in [9.17, 15) is 0 Å². The molecule has 9 aromatic carbocycles. The molecule has 0 spiro atoms. The third kappa shape index (κ3) is 8.08. The third-order valence-corrected chi connectivity index (χ3v) is 18.0. The fraction of sp³-hybridized carbons (Fsp3) is 0.0633. The summed E-state index contributed by atoms with van der Waals surface area (Å²) in [6, 6.07) is 72.6. The van der Waals surface area contributed by atoms with E-state index in [1.54, 1.807) is 24.8 Å². The highest BCUT2D eigenvalue weighted by Gasteiger charge is 2.46. The monoisotopic (exact) mass is 1170 g/mol. The van der Waals surface area contributed by atoms with Gasteiger partial charge in [0.05, 0.1) is 66.9 Å². The van der Waals surface area contributed by atoms with E-state index in [2.05, 4.69) is 123 Å². The van der Waals surface area contributed by atoms with Crippen LogP contribution < -0.4 is 0 Å². The first kappa shape index (κ1) is 52.9. The lowest BCUT2D eigenvalue weighted by Gasteiger charge is -2.35. The van der Waals surface area contributed by atoms with Crippen molar-refractivity contribution in [2.24, 2.45) is 0 Å². The van der Waals surface area contributed by atoms with Crippen molar-refractivity contribution in [2.45, 2.75) is 32.4 Å². The molecule has 0 radical (unpaired) electrons. The standard InChI is InChI=1S/C79H53F3N8/c1-78(2,3)72-74(89-68-32-28-48(52-16-12-36-83-44-52)40-60(68)61-41-49(29-33-69(61)89)53-17-13-37-84-45-53)76(87-64-24-8-4-20-56(64)57-21-5-9-25-65(57)87)73(79(80,81)82)77(88-66-26-10-6-22-58(66)59-23-7-11-27-67(59)88)75(72)90-70-34-30-50(54-18-14-38-85-46-54)42-62(70)63-43-51(31-35-71(63)90)55-19-15-39-86-47-55/h4-47H,1-3H3. The molecule has 0 saturated carbocycles. The van der Waals surface area contributed by atoms with Crippen molar-refractivity contribution < 1.29 is 13.2 Å². The zero-order valence-electron chi connectivity index (χ0n) is 49.1. The minimum Gasteiger partial charge on any atom is -0.307 e. The summed E-state index contributed by atoms with van der Waals surface area (Å²) in [5, 5.41) is 6.73. The molecule has 8 heterocycles. The van der Waals surface area contributed by atoms with E-state index in [-0.39, 0.29) is 11.4 Å². The Balaban J connectivity index is 1.17. The predicted molar refractivity (Wildman–Crippen MR) is 360 cm³/mol. The molecule has 0 N–H and O–H groups in total. The van der Waals surface area contributed by atoms with Gasteiger partial charge < -0.3 is 18.3 Å². The Kier molecular flexibility index (Phi) is 11.8. The van der Waals surface area contributed by atoms with Gasteiger partial charge >= 0.3 is 6.18 Å². The number of alkyl halides is 3. The maximum absolute atomic E-state index is 18.9. The minimum atomic E-state index is -5.05. The number of benzene rings is 9. The van der Waals surface area contributed by atoms with E-state index in [0.29, 0.717) is 39.0 Å². The number of nitrogens with zero attached hydrogens (tertiary/aromatic N) is 8. The molecule has 0 bridgehead atoms. The molecule has 8 aromatic heterocycles. The Hall–Kier alpha value is -11.4. The lowest BCUT2D eigenvalue weighted by Crippen LogP contribution is -2.27. The molecule has 0 aliphatic rings. The number of para-hydroxylation sites is 4. The summed E-state index contributed by atoms with van der Waals surface area (Å²) in [5.74, 6) is 0. The number of hydrogen-bond acceptors (Lipinski definition) is 4. The second-order valence-corrected chi connectivity index (χ2v) is 24.2. The van der Waals surface area contributed by atoms with Crippen molar-refractivity contribution in [3.63, 3.8) is 0 Å². The highest BCUT2D eigenvalue weighted by atomic mass is 19.4. The van der Waals surface area contributed by atoms with Crippen molar-refractivity contribution in [2.75, 3.05) is 0 Å². The van der Waals surface area contributed by atoms with E-state index >= 15 is 13.2 Å². The molecule has 8 nitrogen and oxygen atoms in total. The largest absolute Gasteiger partial charge is 0.420 e. The van der Waals surface area contributed by atoms with Gasteiger partial charge in [0.15, 0.2) is 0 Å². The summed E-state index contributed by atoms with van der Waals surface area (Å²) in [6.07, 6.45) is 9.37. The van der Waals surface area contributed by atoms with Gasteiger partial charge in [0.2, 0.25) is 0 Å². The van der Waals surface area contributed by atoms with Gasteiger partial charge in [0, 0.05) is 120 Å². The Morgan fingerprint density at radius 1 is 0.256 bits per heavy atom. The topological polar surface area (TPSA) is 71.3 Å². The van der Waals surface area contributed by atoms with Gasteiger partial charge in [-0.3, -0.25) is 19.9 Å². The zero-order chi connectivity index (χ0) is 60.6. The Morgan fingerprint density at radius 3 is 0.733 bits per heavy atom. The van der Waals surface area contributed by atoms with Crippen LogP contribution in [0.15, 0.2) is 268 Å². The van der Waals surface area contributed by atoms with Crippen LogP contribution in [0.25, 0.3) is 154 Å². The lowest BCUT2D eigenvalue weighted by atomic mass is 9.81.